The molecular weight excluding hydrogens is 424 g/mol. The van der Waals surface area contributed by atoms with E-state index in [2.05, 4.69) is 5.32 Å². The highest BCUT2D eigenvalue weighted by Gasteiger charge is 2.24. The SMILES string of the molecule is CCOc1ccc(/C=C/C(=O)NCCc2ccc(S(=O)(=O)N3CCCCCC3)cc2)cc1. The predicted octanol–water partition coefficient (Wildman–Crippen LogP) is 4.02. The van der Waals surface area contributed by atoms with Crippen LogP contribution in [0.5, 0.6) is 5.75 Å². The molecular formula is C25H32N2O4S. The van der Waals surface area contributed by atoms with Crippen molar-refractivity contribution in [1.29, 1.82) is 0 Å². The molecule has 0 saturated carbocycles. The van der Waals surface area contributed by atoms with E-state index < -0.39 is 10.0 Å². The zero-order valence-electron chi connectivity index (χ0n) is 18.6. The van der Waals surface area contributed by atoms with Gasteiger partial charge in [-0.2, -0.15) is 4.31 Å². The van der Waals surface area contributed by atoms with E-state index in [9.17, 15) is 13.2 Å². The lowest BCUT2D eigenvalue weighted by Gasteiger charge is -2.20. The minimum absolute atomic E-state index is 0.167. The van der Waals surface area contributed by atoms with Gasteiger partial charge < -0.3 is 10.1 Å². The van der Waals surface area contributed by atoms with Gasteiger partial charge in [0.05, 0.1) is 11.5 Å². The normalized spacial score (nSPS) is 15.4. The van der Waals surface area contributed by atoms with Gasteiger partial charge in [-0.1, -0.05) is 37.1 Å². The molecule has 1 aliphatic heterocycles. The molecule has 172 valence electrons. The molecule has 1 aliphatic rings. The van der Waals surface area contributed by atoms with Crippen LogP contribution in [0.15, 0.2) is 59.5 Å². The van der Waals surface area contributed by atoms with Gasteiger partial charge in [0, 0.05) is 25.7 Å². The van der Waals surface area contributed by atoms with Crippen molar-refractivity contribution in [3.63, 3.8) is 0 Å². The molecule has 0 unspecified atom stereocenters. The summed E-state index contributed by atoms with van der Waals surface area (Å²) in [6.07, 6.45) is 7.92. The fraction of sp³-hybridized carbons (Fsp3) is 0.400. The molecule has 32 heavy (non-hydrogen) atoms. The number of nitrogens with zero attached hydrogens (tertiary/aromatic N) is 1. The molecule has 2 aromatic rings. The third-order valence-corrected chi connectivity index (χ3v) is 7.37. The van der Waals surface area contributed by atoms with E-state index in [1.807, 2.05) is 43.3 Å². The number of carbonyl (C=O) groups is 1. The third kappa shape index (κ3) is 6.93. The molecule has 7 heteroatoms. The molecule has 2 aromatic carbocycles. The van der Waals surface area contributed by atoms with Crippen LogP contribution in [-0.2, 0) is 21.2 Å². The maximum atomic E-state index is 12.8. The Morgan fingerprint density at radius 3 is 2.28 bits per heavy atom. The Balaban J connectivity index is 1.47. The Labute approximate surface area is 191 Å². The van der Waals surface area contributed by atoms with Crippen molar-refractivity contribution < 1.29 is 17.9 Å². The van der Waals surface area contributed by atoms with E-state index in [-0.39, 0.29) is 5.91 Å². The van der Waals surface area contributed by atoms with Crippen LogP contribution in [0.25, 0.3) is 6.08 Å². The first-order valence-electron chi connectivity index (χ1n) is 11.3. The fourth-order valence-electron chi connectivity index (χ4n) is 3.66. The van der Waals surface area contributed by atoms with Gasteiger partial charge >= 0.3 is 0 Å². The minimum Gasteiger partial charge on any atom is -0.494 e. The molecule has 1 heterocycles. The van der Waals surface area contributed by atoms with Gasteiger partial charge in [0.25, 0.3) is 0 Å². The lowest BCUT2D eigenvalue weighted by Crippen LogP contribution is -2.31. The van der Waals surface area contributed by atoms with E-state index in [0.29, 0.717) is 37.6 Å². The van der Waals surface area contributed by atoms with Crippen molar-refractivity contribution in [1.82, 2.24) is 9.62 Å². The molecule has 0 atom stereocenters. The van der Waals surface area contributed by atoms with Gasteiger partial charge in [-0.3, -0.25) is 4.79 Å². The van der Waals surface area contributed by atoms with E-state index in [1.54, 1.807) is 22.5 Å². The Kier molecular flexibility index (Phi) is 8.88. The van der Waals surface area contributed by atoms with Crippen molar-refractivity contribution in [3.8, 4) is 5.75 Å². The monoisotopic (exact) mass is 456 g/mol. The van der Waals surface area contributed by atoms with Crippen molar-refractivity contribution in [2.24, 2.45) is 0 Å². The van der Waals surface area contributed by atoms with Crippen LogP contribution in [0.1, 0.15) is 43.7 Å². The maximum absolute atomic E-state index is 12.8. The molecule has 0 aromatic heterocycles. The zero-order valence-corrected chi connectivity index (χ0v) is 19.4. The average Bonchev–Trinajstić information content (AvgIpc) is 3.10. The Morgan fingerprint density at radius 2 is 1.66 bits per heavy atom. The molecule has 3 rings (SSSR count). The lowest BCUT2D eigenvalue weighted by molar-refractivity contribution is -0.116. The smallest absolute Gasteiger partial charge is 0.244 e. The molecule has 6 nitrogen and oxygen atoms in total. The Bertz CT molecular complexity index is 991. The number of ether oxygens (including phenoxy) is 1. The second kappa shape index (κ2) is 11.8. The fourth-order valence-corrected chi connectivity index (χ4v) is 5.18. The first-order valence-corrected chi connectivity index (χ1v) is 12.7. The quantitative estimate of drug-likeness (QED) is 0.578. The number of rotatable bonds is 9. The van der Waals surface area contributed by atoms with Crippen LogP contribution in [0.3, 0.4) is 0 Å². The molecule has 0 spiro atoms. The van der Waals surface area contributed by atoms with Gasteiger partial charge in [-0.15, -0.1) is 0 Å². The highest BCUT2D eigenvalue weighted by Crippen LogP contribution is 2.20. The first-order chi connectivity index (χ1) is 15.5. The summed E-state index contributed by atoms with van der Waals surface area (Å²) in [6.45, 7) is 4.23. The van der Waals surface area contributed by atoms with E-state index in [1.165, 1.54) is 6.08 Å². The van der Waals surface area contributed by atoms with Crippen LogP contribution in [0.2, 0.25) is 0 Å². The summed E-state index contributed by atoms with van der Waals surface area (Å²) in [5.41, 5.74) is 1.90. The topological polar surface area (TPSA) is 75.7 Å². The van der Waals surface area contributed by atoms with Crippen molar-refractivity contribution in [2.75, 3.05) is 26.2 Å². The molecule has 1 saturated heterocycles. The number of hydrogen-bond donors (Lipinski definition) is 1. The second-order valence-corrected chi connectivity index (χ2v) is 9.78. The van der Waals surface area contributed by atoms with Gasteiger partial charge in [0.2, 0.25) is 15.9 Å². The predicted molar refractivity (Wildman–Crippen MR) is 127 cm³/mol. The summed E-state index contributed by atoms with van der Waals surface area (Å²) in [4.78, 5) is 12.4. The van der Waals surface area contributed by atoms with Gasteiger partial charge in [-0.25, -0.2) is 8.42 Å². The largest absolute Gasteiger partial charge is 0.494 e. The summed E-state index contributed by atoms with van der Waals surface area (Å²) < 4.78 is 32.7. The number of benzene rings is 2. The first kappa shape index (κ1) is 24.0. The second-order valence-electron chi connectivity index (χ2n) is 7.84. The molecule has 0 aliphatic carbocycles. The number of amides is 1. The number of hydrogen-bond acceptors (Lipinski definition) is 4. The highest BCUT2D eigenvalue weighted by atomic mass is 32.2. The number of carbonyl (C=O) groups excluding carboxylic acids is 1. The lowest BCUT2D eigenvalue weighted by atomic mass is 10.1. The van der Waals surface area contributed by atoms with Gasteiger partial charge in [0.15, 0.2) is 0 Å². The van der Waals surface area contributed by atoms with E-state index >= 15 is 0 Å². The van der Waals surface area contributed by atoms with Crippen LogP contribution in [-0.4, -0.2) is 44.9 Å². The van der Waals surface area contributed by atoms with Crippen LogP contribution in [0, 0.1) is 0 Å². The van der Waals surface area contributed by atoms with Crippen molar-refractivity contribution in [2.45, 2.75) is 43.9 Å². The standard InChI is InChI=1S/C25H32N2O4S/c1-2-31-23-12-7-21(8-13-23)11-16-25(28)26-18-17-22-9-14-24(15-10-22)32(29,30)27-19-5-3-4-6-20-27/h7-16H,2-6,17-20H2,1H3,(H,26,28)/b16-11+. The summed E-state index contributed by atoms with van der Waals surface area (Å²) in [7, 11) is -3.43. The van der Waals surface area contributed by atoms with Gasteiger partial charge in [-0.05, 0) is 67.7 Å². The summed E-state index contributed by atoms with van der Waals surface area (Å²) in [6, 6.07) is 14.5. The molecule has 1 fully saturated rings. The summed E-state index contributed by atoms with van der Waals surface area (Å²) in [5, 5.41) is 2.86. The summed E-state index contributed by atoms with van der Waals surface area (Å²) in [5.74, 6) is 0.638. The van der Waals surface area contributed by atoms with Crippen LogP contribution < -0.4 is 10.1 Å². The average molecular weight is 457 g/mol. The van der Waals surface area contributed by atoms with Gasteiger partial charge in [0.1, 0.15) is 5.75 Å². The van der Waals surface area contributed by atoms with E-state index in [0.717, 1.165) is 42.6 Å². The van der Waals surface area contributed by atoms with Crippen molar-refractivity contribution in [3.05, 3.63) is 65.7 Å². The van der Waals surface area contributed by atoms with Crippen molar-refractivity contribution >= 4 is 22.0 Å². The molecule has 0 bridgehead atoms. The van der Waals surface area contributed by atoms with E-state index in [4.69, 9.17) is 4.74 Å². The zero-order chi connectivity index (χ0) is 22.8. The number of nitrogens with one attached hydrogen (secondary N) is 1. The Hall–Kier alpha value is -2.64. The van der Waals surface area contributed by atoms with Crippen LogP contribution >= 0.6 is 0 Å². The highest BCUT2D eigenvalue weighted by molar-refractivity contribution is 7.89. The molecule has 1 N–H and O–H groups in total. The molecule has 1 amide bonds. The summed E-state index contributed by atoms with van der Waals surface area (Å²) >= 11 is 0. The molecule has 0 radical (unpaired) electrons. The number of sulfonamides is 1. The van der Waals surface area contributed by atoms with Crippen LogP contribution in [0.4, 0.5) is 0 Å². The third-order valence-electron chi connectivity index (χ3n) is 5.46. The minimum atomic E-state index is -3.43. The Morgan fingerprint density at radius 1 is 1.00 bits per heavy atom. The maximum Gasteiger partial charge on any atom is 0.244 e.